The number of amides is 1. The second-order valence-corrected chi connectivity index (χ2v) is 11.5. The van der Waals surface area contributed by atoms with Gasteiger partial charge >= 0.3 is 0 Å². The summed E-state index contributed by atoms with van der Waals surface area (Å²) in [6.45, 7) is 0. The minimum absolute atomic E-state index is 0.00461. The number of hydrogen-bond donors (Lipinski definition) is 2. The van der Waals surface area contributed by atoms with Crippen LogP contribution in [-0.2, 0) is 4.79 Å². The lowest BCUT2D eigenvalue weighted by Gasteiger charge is -2.26. The number of methoxy groups -OCH3 is 6. The minimum atomic E-state index is -1.13. The Morgan fingerprint density at radius 3 is 1.90 bits per heavy atom. The number of thiazole rings is 1. The molecule has 1 aliphatic heterocycles. The summed E-state index contributed by atoms with van der Waals surface area (Å²) in [5.41, 5.74) is 6.83. The zero-order valence-corrected chi connectivity index (χ0v) is 28.5. The topological polar surface area (TPSA) is 199 Å². The number of carbonyl (C=O) groups is 1. The highest BCUT2D eigenvalue weighted by Crippen LogP contribution is 2.45. The Morgan fingerprint density at radius 1 is 0.920 bits per heavy atom. The third-order valence-electron chi connectivity index (χ3n) is 7.85. The van der Waals surface area contributed by atoms with Gasteiger partial charge in [0.2, 0.25) is 11.5 Å². The van der Waals surface area contributed by atoms with Gasteiger partial charge in [0.05, 0.1) is 75.2 Å². The van der Waals surface area contributed by atoms with Gasteiger partial charge in [0.1, 0.15) is 10.5 Å². The number of ether oxygens (including phenoxy) is 6. The molecule has 2 heterocycles. The monoisotopic (exact) mass is 701 g/mol. The minimum Gasteiger partial charge on any atom is -0.493 e. The second-order valence-electron chi connectivity index (χ2n) is 10.5. The molecule has 5 rings (SSSR count). The number of rotatable bonds is 11. The molecular weight excluding hydrogens is 670 g/mol. The molecule has 1 amide bonds. The molecule has 4 aromatic rings. The average Bonchev–Trinajstić information content (AvgIpc) is 3.45. The maximum absolute atomic E-state index is 14.3. The molecule has 3 aromatic carbocycles. The zero-order valence-electron chi connectivity index (χ0n) is 27.7. The van der Waals surface area contributed by atoms with Crippen molar-refractivity contribution in [2.24, 2.45) is 5.73 Å². The maximum atomic E-state index is 14.3. The van der Waals surface area contributed by atoms with E-state index in [1.165, 1.54) is 66.9 Å². The SMILES string of the molecule is COc1cc(/C=c2\sc3n(c2=O)C(N)=C(C#N)C(c2cc(OC)c(OC)c(OC)c2)C=3C(=O)Nc2ccc([N+](=O)[O-])cc2)cc(OC)c1OC. The van der Waals surface area contributed by atoms with Crippen molar-refractivity contribution in [1.82, 2.24) is 4.57 Å². The van der Waals surface area contributed by atoms with E-state index in [0.29, 0.717) is 28.4 Å². The quantitative estimate of drug-likeness (QED) is 0.171. The molecule has 1 aromatic heterocycles. The summed E-state index contributed by atoms with van der Waals surface area (Å²) in [4.78, 5) is 39.0. The first kappa shape index (κ1) is 34.9. The number of nitro benzene ring substituents is 1. The lowest BCUT2D eigenvalue weighted by Crippen LogP contribution is -2.40. The first-order valence-electron chi connectivity index (χ1n) is 14.6. The van der Waals surface area contributed by atoms with Crippen LogP contribution in [0.25, 0.3) is 17.5 Å². The largest absolute Gasteiger partial charge is 0.493 e. The third kappa shape index (κ3) is 6.13. The highest BCUT2D eigenvalue weighted by molar-refractivity contribution is 7.07. The molecule has 0 saturated carbocycles. The fourth-order valence-corrected chi connectivity index (χ4v) is 6.74. The number of non-ortho nitro benzene ring substituents is 1. The van der Waals surface area contributed by atoms with Crippen molar-refractivity contribution in [3.05, 3.63) is 94.9 Å². The summed E-state index contributed by atoms with van der Waals surface area (Å²) in [6, 6.07) is 13.8. The van der Waals surface area contributed by atoms with E-state index in [-0.39, 0.29) is 54.8 Å². The van der Waals surface area contributed by atoms with Gasteiger partial charge in [-0.15, -0.1) is 11.3 Å². The number of nitriles is 1. The van der Waals surface area contributed by atoms with Crippen LogP contribution in [0.2, 0.25) is 0 Å². The fourth-order valence-electron chi connectivity index (χ4n) is 5.57. The van der Waals surface area contributed by atoms with Crippen molar-refractivity contribution >= 4 is 46.1 Å². The van der Waals surface area contributed by atoms with Gasteiger partial charge in [-0.05, 0) is 53.6 Å². The highest BCUT2D eigenvalue weighted by Gasteiger charge is 2.37. The molecule has 16 heteroatoms. The molecule has 50 heavy (non-hydrogen) atoms. The second kappa shape index (κ2) is 14.3. The Labute approximate surface area is 288 Å². The number of fused-ring (bicyclic) bond motifs is 1. The fraction of sp³-hybridized carbons (Fsp3) is 0.206. The summed E-state index contributed by atoms with van der Waals surface area (Å²) >= 11 is 0.973. The van der Waals surface area contributed by atoms with Gasteiger partial charge in [0.15, 0.2) is 23.0 Å². The molecular formula is C34H31N5O10S. The van der Waals surface area contributed by atoms with Crippen LogP contribution in [0.5, 0.6) is 34.5 Å². The normalized spacial score (nSPS) is 14.0. The Kier molecular flexibility index (Phi) is 9.99. The van der Waals surface area contributed by atoms with Crippen molar-refractivity contribution in [1.29, 1.82) is 5.26 Å². The van der Waals surface area contributed by atoms with Crippen LogP contribution in [0, 0.1) is 21.4 Å². The molecule has 1 aliphatic rings. The highest BCUT2D eigenvalue weighted by atomic mass is 32.1. The average molecular weight is 702 g/mol. The number of nitrogens with two attached hydrogens (primary N) is 1. The predicted octanol–water partition coefficient (Wildman–Crippen LogP) is 2.94. The van der Waals surface area contributed by atoms with E-state index in [1.807, 2.05) is 0 Å². The molecule has 0 aliphatic carbocycles. The van der Waals surface area contributed by atoms with E-state index in [2.05, 4.69) is 11.4 Å². The van der Waals surface area contributed by atoms with Gasteiger partial charge in [-0.25, -0.2) is 0 Å². The van der Waals surface area contributed by atoms with Crippen LogP contribution in [0.1, 0.15) is 17.0 Å². The smallest absolute Gasteiger partial charge is 0.274 e. The maximum Gasteiger partial charge on any atom is 0.274 e. The number of nitro groups is 1. The predicted molar refractivity (Wildman–Crippen MR) is 184 cm³/mol. The van der Waals surface area contributed by atoms with E-state index in [1.54, 1.807) is 30.3 Å². The molecule has 0 spiro atoms. The van der Waals surface area contributed by atoms with Gasteiger partial charge in [-0.3, -0.25) is 24.3 Å². The third-order valence-corrected chi connectivity index (χ3v) is 8.96. The van der Waals surface area contributed by atoms with E-state index >= 15 is 0 Å². The van der Waals surface area contributed by atoms with Crippen LogP contribution < -0.4 is 54.2 Å². The lowest BCUT2D eigenvalue weighted by atomic mass is 9.83. The molecule has 15 nitrogen and oxygen atoms in total. The van der Waals surface area contributed by atoms with E-state index in [0.717, 1.165) is 15.9 Å². The van der Waals surface area contributed by atoms with Crippen LogP contribution in [0.4, 0.5) is 11.4 Å². The Bertz CT molecular complexity index is 2220. The number of hydrogen-bond acceptors (Lipinski definition) is 13. The number of nitrogens with one attached hydrogen (secondary N) is 1. The van der Waals surface area contributed by atoms with E-state index < -0.39 is 22.3 Å². The summed E-state index contributed by atoms with van der Waals surface area (Å²) in [7, 11) is 8.67. The van der Waals surface area contributed by atoms with Gasteiger partial charge in [-0.1, -0.05) is 0 Å². The summed E-state index contributed by atoms with van der Waals surface area (Å²) in [6.07, 6.45) is 1.57. The van der Waals surface area contributed by atoms with E-state index in [9.17, 15) is 25.0 Å². The molecule has 3 N–H and O–H groups in total. The van der Waals surface area contributed by atoms with Gasteiger partial charge < -0.3 is 39.5 Å². The van der Waals surface area contributed by atoms with Crippen molar-refractivity contribution in [2.75, 3.05) is 48.0 Å². The molecule has 1 unspecified atom stereocenters. The van der Waals surface area contributed by atoms with Crippen LogP contribution >= 0.6 is 11.3 Å². The van der Waals surface area contributed by atoms with Crippen LogP contribution in [0.15, 0.2) is 58.9 Å². The first-order chi connectivity index (χ1) is 24.0. The molecule has 1 atom stereocenters. The number of carbonyl (C=O) groups excluding carboxylic acids is 1. The lowest BCUT2D eigenvalue weighted by molar-refractivity contribution is -0.384. The van der Waals surface area contributed by atoms with E-state index in [4.69, 9.17) is 34.2 Å². The Morgan fingerprint density at radius 2 is 1.44 bits per heavy atom. The van der Waals surface area contributed by atoms with Crippen LogP contribution in [-0.4, -0.2) is 58.1 Å². The summed E-state index contributed by atoms with van der Waals surface area (Å²) in [5.74, 6) is -0.184. The zero-order chi connectivity index (χ0) is 36.3. The first-order valence-corrected chi connectivity index (χ1v) is 15.4. The number of benzene rings is 3. The van der Waals surface area contributed by atoms with Crippen LogP contribution in [0.3, 0.4) is 0 Å². The number of nitrogens with zero attached hydrogens (tertiary/aromatic N) is 3. The summed E-state index contributed by atoms with van der Waals surface area (Å²) in [5, 5.41) is 24.5. The van der Waals surface area contributed by atoms with Gasteiger partial charge in [0, 0.05) is 17.8 Å². The molecule has 0 radical (unpaired) electrons. The number of aromatic nitrogens is 1. The van der Waals surface area contributed by atoms with Crippen molar-refractivity contribution < 1.29 is 38.1 Å². The van der Waals surface area contributed by atoms with Gasteiger partial charge in [-0.2, -0.15) is 5.26 Å². The Hall–Kier alpha value is -6.47. The van der Waals surface area contributed by atoms with Crippen molar-refractivity contribution in [2.45, 2.75) is 5.92 Å². The molecule has 0 fully saturated rings. The van der Waals surface area contributed by atoms with Crippen molar-refractivity contribution in [3.8, 4) is 40.6 Å². The number of allylic oxidation sites excluding steroid dienone is 1. The van der Waals surface area contributed by atoms with Gasteiger partial charge in [0.25, 0.3) is 17.2 Å². The Balaban J connectivity index is 1.83. The standard InChI is InChI=1S/C34H31N5O10S/c1-44-22-11-17(12-23(45-2)29(22)48-5)13-26-33(41)38-31(36)21(16-35)27(18-14-24(46-3)30(49-6)25(15-18)47-4)28(34(38)50-26)32(40)37-19-7-9-20(10-8-19)39(42)43/h7-15,27H,36H2,1-6H3,(H,37,40)/b26-13-. The molecule has 0 saturated heterocycles. The number of anilines is 1. The summed E-state index contributed by atoms with van der Waals surface area (Å²) < 4.78 is 34.4. The van der Waals surface area contributed by atoms with Crippen molar-refractivity contribution in [3.63, 3.8) is 0 Å². The molecule has 258 valence electrons. The molecule has 0 bridgehead atoms.